The van der Waals surface area contributed by atoms with Crippen LogP contribution in [0.15, 0.2) is 16.5 Å². The van der Waals surface area contributed by atoms with Gasteiger partial charge < -0.3 is 15.3 Å². The zero-order valence-electron chi connectivity index (χ0n) is 11.9. The molecule has 3 rings (SSSR count). The van der Waals surface area contributed by atoms with Crippen LogP contribution in [0, 0.1) is 17.2 Å². The predicted molar refractivity (Wildman–Crippen MR) is 78.2 cm³/mol. The monoisotopic (exact) mass is 283 g/mol. The van der Waals surface area contributed by atoms with Crippen LogP contribution in [-0.2, 0) is 19.4 Å². The minimum atomic E-state index is -0.166. The second kappa shape index (κ2) is 5.23. The second-order valence-corrected chi connectivity index (χ2v) is 5.56. The summed E-state index contributed by atoms with van der Waals surface area (Å²) in [5.41, 5.74) is 9.06. The fourth-order valence-corrected chi connectivity index (χ4v) is 2.93. The van der Waals surface area contributed by atoms with E-state index in [0.29, 0.717) is 23.0 Å². The molecule has 1 atom stereocenters. The molecule has 0 fully saturated rings. The van der Waals surface area contributed by atoms with Gasteiger partial charge in [-0.3, -0.25) is 0 Å². The molecule has 0 spiro atoms. The summed E-state index contributed by atoms with van der Waals surface area (Å²) in [7, 11) is 0. The third kappa shape index (κ3) is 2.28. The normalized spacial score (nSPS) is 17.3. The van der Waals surface area contributed by atoms with Gasteiger partial charge in [0.15, 0.2) is 0 Å². The number of pyridine rings is 1. The fraction of sp³-hybridized carbons (Fsp3) is 0.375. The van der Waals surface area contributed by atoms with E-state index >= 15 is 0 Å². The first-order chi connectivity index (χ1) is 10.1. The highest BCUT2D eigenvalue weighted by Gasteiger charge is 2.26. The van der Waals surface area contributed by atoms with E-state index in [1.54, 1.807) is 12.1 Å². The number of aromatic nitrogens is 1. The van der Waals surface area contributed by atoms with Crippen molar-refractivity contribution in [2.45, 2.75) is 32.8 Å². The molecule has 0 saturated heterocycles. The van der Waals surface area contributed by atoms with Gasteiger partial charge in [0.1, 0.15) is 35.6 Å². The Kier molecular flexibility index (Phi) is 3.40. The molecule has 1 aliphatic rings. The summed E-state index contributed by atoms with van der Waals surface area (Å²) in [6.45, 7) is 2.03. The molecule has 1 aliphatic carbocycles. The van der Waals surface area contributed by atoms with Crippen molar-refractivity contribution in [3.8, 4) is 17.4 Å². The van der Waals surface area contributed by atoms with Crippen molar-refractivity contribution in [1.29, 1.82) is 5.26 Å². The first-order valence-corrected chi connectivity index (χ1v) is 7.05. The molecular formula is C16H17N3O2. The zero-order chi connectivity index (χ0) is 15.0. The Balaban J connectivity index is 2.25. The van der Waals surface area contributed by atoms with E-state index < -0.39 is 0 Å². The Hall–Kier alpha value is -2.32. The number of aliphatic hydroxyl groups is 1. The molecule has 5 nitrogen and oxygen atoms in total. The lowest BCUT2D eigenvalue weighted by Crippen LogP contribution is -2.16. The number of nitriles is 1. The fourth-order valence-electron chi connectivity index (χ4n) is 2.93. The number of fused-ring (bicyclic) bond motifs is 1. The highest BCUT2D eigenvalue weighted by molar-refractivity contribution is 5.76. The molecule has 2 aromatic heterocycles. The molecule has 0 bridgehead atoms. The van der Waals surface area contributed by atoms with Crippen LogP contribution in [0.2, 0.25) is 0 Å². The van der Waals surface area contributed by atoms with Crippen molar-refractivity contribution < 1.29 is 9.52 Å². The van der Waals surface area contributed by atoms with E-state index in [4.69, 9.17) is 15.3 Å². The number of anilines is 1. The van der Waals surface area contributed by atoms with Gasteiger partial charge in [0.25, 0.3) is 0 Å². The highest BCUT2D eigenvalue weighted by Crippen LogP contribution is 2.37. The van der Waals surface area contributed by atoms with Crippen molar-refractivity contribution in [3.63, 3.8) is 0 Å². The maximum Gasteiger partial charge on any atom is 0.142 e. The van der Waals surface area contributed by atoms with Crippen molar-refractivity contribution in [1.82, 2.24) is 4.98 Å². The SMILES string of the molecule is C[C@@H]1CCc2nc(N)c(C#N)c(-c3ccc(CO)o3)c2C1. The Morgan fingerprint density at radius 2 is 2.33 bits per heavy atom. The van der Waals surface area contributed by atoms with Crippen molar-refractivity contribution in [3.05, 3.63) is 34.7 Å². The molecule has 0 radical (unpaired) electrons. The van der Waals surface area contributed by atoms with E-state index in [1.165, 1.54) is 0 Å². The summed E-state index contributed by atoms with van der Waals surface area (Å²) in [6, 6.07) is 5.64. The zero-order valence-corrected chi connectivity index (χ0v) is 11.9. The van der Waals surface area contributed by atoms with Crippen LogP contribution < -0.4 is 5.73 Å². The van der Waals surface area contributed by atoms with Gasteiger partial charge in [0, 0.05) is 11.3 Å². The smallest absolute Gasteiger partial charge is 0.142 e. The van der Waals surface area contributed by atoms with E-state index in [0.717, 1.165) is 36.1 Å². The minimum Gasteiger partial charge on any atom is -0.459 e. The Morgan fingerprint density at radius 1 is 1.52 bits per heavy atom. The van der Waals surface area contributed by atoms with Crippen LogP contribution >= 0.6 is 0 Å². The van der Waals surface area contributed by atoms with E-state index in [1.807, 2.05) is 0 Å². The highest BCUT2D eigenvalue weighted by atomic mass is 16.4. The van der Waals surface area contributed by atoms with Crippen molar-refractivity contribution in [2.75, 3.05) is 5.73 Å². The molecule has 3 N–H and O–H groups in total. The van der Waals surface area contributed by atoms with Gasteiger partial charge in [-0.2, -0.15) is 5.26 Å². The average Bonchev–Trinajstić information content (AvgIpc) is 2.95. The summed E-state index contributed by atoms with van der Waals surface area (Å²) in [5.74, 6) is 1.85. The molecule has 0 amide bonds. The predicted octanol–water partition coefficient (Wildman–Crippen LogP) is 2.41. The number of nitrogens with two attached hydrogens (primary N) is 1. The van der Waals surface area contributed by atoms with Crippen LogP contribution in [-0.4, -0.2) is 10.1 Å². The lowest BCUT2D eigenvalue weighted by molar-refractivity contribution is 0.248. The molecule has 0 aliphatic heterocycles. The van der Waals surface area contributed by atoms with Crippen LogP contribution in [0.25, 0.3) is 11.3 Å². The van der Waals surface area contributed by atoms with Crippen molar-refractivity contribution >= 4 is 5.82 Å². The molecule has 0 unspecified atom stereocenters. The molecule has 2 heterocycles. The van der Waals surface area contributed by atoms with Gasteiger partial charge in [-0.25, -0.2) is 4.98 Å². The molecular weight excluding hydrogens is 266 g/mol. The molecule has 2 aromatic rings. The largest absolute Gasteiger partial charge is 0.459 e. The molecule has 5 heteroatoms. The van der Waals surface area contributed by atoms with Gasteiger partial charge in [-0.05, 0) is 42.9 Å². The van der Waals surface area contributed by atoms with Crippen LogP contribution in [0.4, 0.5) is 5.82 Å². The molecule has 0 saturated carbocycles. The van der Waals surface area contributed by atoms with Gasteiger partial charge in [-0.1, -0.05) is 6.92 Å². The Morgan fingerprint density at radius 3 is 3.00 bits per heavy atom. The standard InChI is InChI=1S/C16H17N3O2/c1-9-2-4-13-11(6-9)15(12(7-17)16(18)19-13)14-5-3-10(8-20)21-14/h3,5,9,20H,2,4,6,8H2,1H3,(H2,18,19)/t9-/m1/s1. The van der Waals surface area contributed by atoms with Gasteiger partial charge >= 0.3 is 0 Å². The second-order valence-electron chi connectivity index (χ2n) is 5.56. The van der Waals surface area contributed by atoms with Crippen LogP contribution in [0.5, 0.6) is 0 Å². The summed E-state index contributed by atoms with van der Waals surface area (Å²) < 4.78 is 5.63. The minimum absolute atomic E-state index is 0.166. The number of rotatable bonds is 2. The number of aryl methyl sites for hydroxylation is 1. The molecule has 108 valence electrons. The number of hydrogen-bond acceptors (Lipinski definition) is 5. The lowest BCUT2D eigenvalue weighted by Gasteiger charge is -2.24. The van der Waals surface area contributed by atoms with Gasteiger partial charge in [0.05, 0.1) is 0 Å². The number of aliphatic hydroxyl groups excluding tert-OH is 1. The maximum absolute atomic E-state index is 9.43. The lowest BCUT2D eigenvalue weighted by atomic mass is 9.83. The summed E-state index contributed by atoms with van der Waals surface area (Å²) in [4.78, 5) is 4.40. The number of nitrogens with zero attached hydrogens (tertiary/aromatic N) is 2. The quantitative estimate of drug-likeness (QED) is 0.882. The summed E-state index contributed by atoms with van der Waals surface area (Å²) in [6.07, 6.45) is 2.81. The first-order valence-electron chi connectivity index (χ1n) is 7.05. The summed E-state index contributed by atoms with van der Waals surface area (Å²) in [5, 5.41) is 18.6. The summed E-state index contributed by atoms with van der Waals surface area (Å²) >= 11 is 0. The van der Waals surface area contributed by atoms with E-state index in [-0.39, 0.29) is 12.4 Å². The topological polar surface area (TPSA) is 96.1 Å². The number of nitrogen functional groups attached to an aromatic ring is 1. The van der Waals surface area contributed by atoms with E-state index in [9.17, 15) is 5.26 Å². The molecule has 0 aromatic carbocycles. The van der Waals surface area contributed by atoms with Crippen molar-refractivity contribution in [2.24, 2.45) is 5.92 Å². The number of furan rings is 1. The van der Waals surface area contributed by atoms with Gasteiger partial charge in [-0.15, -0.1) is 0 Å². The average molecular weight is 283 g/mol. The third-order valence-corrected chi connectivity index (χ3v) is 4.01. The van der Waals surface area contributed by atoms with E-state index in [2.05, 4.69) is 18.0 Å². The Bertz CT molecular complexity index is 728. The molecule has 21 heavy (non-hydrogen) atoms. The van der Waals surface area contributed by atoms with Crippen LogP contribution in [0.3, 0.4) is 0 Å². The maximum atomic E-state index is 9.43. The third-order valence-electron chi connectivity index (χ3n) is 4.01. The first kappa shape index (κ1) is 13.7. The Labute approximate surface area is 123 Å². The number of hydrogen-bond donors (Lipinski definition) is 2. The van der Waals surface area contributed by atoms with Crippen LogP contribution in [0.1, 0.15) is 35.9 Å². The van der Waals surface area contributed by atoms with Gasteiger partial charge in [0.2, 0.25) is 0 Å².